The molecule has 0 aliphatic heterocycles. The van der Waals surface area contributed by atoms with Crippen LogP contribution in [0.4, 0.5) is 13.2 Å². The number of hydrogen-bond donors (Lipinski definition) is 1. The van der Waals surface area contributed by atoms with Crippen molar-refractivity contribution in [2.75, 3.05) is 0 Å². The number of rotatable bonds is 6. The summed E-state index contributed by atoms with van der Waals surface area (Å²) in [4.78, 5) is 10.6. The Morgan fingerprint density at radius 3 is 2.41 bits per heavy atom. The van der Waals surface area contributed by atoms with Crippen LogP contribution in [0.2, 0.25) is 0 Å². The normalized spacial score (nSPS) is 11.9. The van der Waals surface area contributed by atoms with E-state index in [2.05, 4.69) is 0 Å². The van der Waals surface area contributed by atoms with E-state index in [1.807, 2.05) is 0 Å². The molecule has 0 unspecified atom stereocenters. The van der Waals surface area contributed by atoms with Crippen LogP contribution >= 0.6 is 0 Å². The van der Waals surface area contributed by atoms with E-state index in [0.717, 1.165) is 16.1 Å². The molecule has 0 fully saturated rings. The van der Waals surface area contributed by atoms with Gasteiger partial charge < -0.3 is 9.67 Å². The second-order valence-electron chi connectivity index (χ2n) is 7.26. The zero-order valence-electron chi connectivity index (χ0n) is 16.7. The molecule has 0 radical (unpaired) electrons. The van der Waals surface area contributed by atoms with Crippen molar-refractivity contribution in [1.29, 1.82) is 0 Å². The van der Waals surface area contributed by atoms with Gasteiger partial charge in [0.25, 0.3) is 10.0 Å². The SMILES string of the molecule is Cc1c(Cc2cccn2S(=O)(=O)c2ccc(F)cc2F)c2cc(F)ccc2n1CC(=O)O. The van der Waals surface area contributed by atoms with Gasteiger partial charge in [-0.3, -0.25) is 4.79 Å². The predicted octanol–water partition coefficient (Wildman–Crippen LogP) is 4.08. The van der Waals surface area contributed by atoms with E-state index in [9.17, 15) is 31.5 Å². The lowest BCUT2D eigenvalue weighted by Gasteiger charge is -2.12. The molecule has 4 aromatic rings. The van der Waals surface area contributed by atoms with Crippen molar-refractivity contribution in [3.63, 3.8) is 0 Å². The highest BCUT2D eigenvalue weighted by atomic mass is 32.2. The van der Waals surface area contributed by atoms with E-state index >= 15 is 0 Å². The maximum Gasteiger partial charge on any atom is 0.323 e. The van der Waals surface area contributed by atoms with Crippen molar-refractivity contribution < 1.29 is 31.5 Å². The first-order chi connectivity index (χ1) is 15.1. The number of carboxylic acid groups (broad SMARTS) is 1. The van der Waals surface area contributed by atoms with Crippen LogP contribution in [0.3, 0.4) is 0 Å². The molecule has 2 heterocycles. The van der Waals surface area contributed by atoms with E-state index in [4.69, 9.17) is 0 Å². The van der Waals surface area contributed by atoms with Gasteiger partial charge in [-0.2, -0.15) is 0 Å². The molecule has 1 N–H and O–H groups in total. The zero-order chi connectivity index (χ0) is 23.2. The van der Waals surface area contributed by atoms with Crippen LogP contribution in [0, 0.1) is 24.4 Å². The Kier molecular flexibility index (Phi) is 5.33. The van der Waals surface area contributed by atoms with E-state index < -0.39 is 38.3 Å². The fourth-order valence-corrected chi connectivity index (χ4v) is 5.25. The Bertz CT molecular complexity index is 1470. The number of nitrogens with zero attached hydrogens (tertiary/aromatic N) is 2. The summed E-state index contributed by atoms with van der Waals surface area (Å²) in [7, 11) is -4.38. The zero-order valence-corrected chi connectivity index (χ0v) is 17.5. The summed E-state index contributed by atoms with van der Waals surface area (Å²) in [5.41, 5.74) is 1.81. The number of carboxylic acids is 1. The molecule has 6 nitrogen and oxygen atoms in total. The molecule has 166 valence electrons. The molecule has 0 aliphatic carbocycles. The predicted molar refractivity (Wildman–Crippen MR) is 110 cm³/mol. The van der Waals surface area contributed by atoms with Crippen LogP contribution in [0.5, 0.6) is 0 Å². The number of hydrogen-bond acceptors (Lipinski definition) is 3. The molecular formula is C22H17F3N2O4S. The molecule has 2 aromatic heterocycles. The summed E-state index contributed by atoms with van der Waals surface area (Å²) in [5, 5.41) is 9.70. The smallest absolute Gasteiger partial charge is 0.323 e. The molecule has 0 saturated carbocycles. The minimum absolute atomic E-state index is 0.00739. The largest absolute Gasteiger partial charge is 0.480 e. The fourth-order valence-electron chi connectivity index (χ4n) is 3.83. The third-order valence-electron chi connectivity index (χ3n) is 5.29. The number of aliphatic carboxylic acids is 1. The van der Waals surface area contributed by atoms with Gasteiger partial charge in [0.2, 0.25) is 0 Å². The second kappa shape index (κ2) is 7.86. The van der Waals surface area contributed by atoms with E-state index in [1.54, 1.807) is 6.92 Å². The molecule has 32 heavy (non-hydrogen) atoms. The average Bonchev–Trinajstić information content (AvgIpc) is 3.27. The van der Waals surface area contributed by atoms with Crippen LogP contribution in [-0.2, 0) is 27.8 Å². The molecule has 0 spiro atoms. The Morgan fingerprint density at radius 2 is 1.72 bits per heavy atom. The van der Waals surface area contributed by atoms with Gasteiger partial charge in [0.05, 0.1) is 0 Å². The Morgan fingerprint density at radius 1 is 1.03 bits per heavy atom. The highest BCUT2D eigenvalue weighted by Gasteiger charge is 2.25. The van der Waals surface area contributed by atoms with Crippen LogP contribution in [-0.4, -0.2) is 28.0 Å². The molecule has 10 heteroatoms. The summed E-state index contributed by atoms with van der Waals surface area (Å²) in [5.74, 6) is -3.74. The maximum atomic E-state index is 14.2. The minimum Gasteiger partial charge on any atom is -0.480 e. The first-order valence-corrected chi connectivity index (χ1v) is 10.9. The molecule has 0 atom stereocenters. The summed E-state index contributed by atoms with van der Waals surface area (Å²) in [6, 6.07) is 9.11. The van der Waals surface area contributed by atoms with Crippen LogP contribution in [0.25, 0.3) is 10.9 Å². The van der Waals surface area contributed by atoms with Crippen molar-refractivity contribution in [2.24, 2.45) is 0 Å². The number of carbonyl (C=O) groups is 1. The van der Waals surface area contributed by atoms with Crippen LogP contribution in [0.1, 0.15) is 17.0 Å². The standard InChI is InChI=1S/C22H17F3N2O4S/c1-13-17(18-9-14(23)4-6-20(18)26(13)12-22(28)29)11-16-3-2-8-27(16)32(30,31)21-7-5-15(24)10-19(21)25/h2-10H,11-12H2,1H3,(H,28,29). The lowest BCUT2D eigenvalue weighted by Crippen LogP contribution is -2.17. The van der Waals surface area contributed by atoms with Gasteiger partial charge in [-0.15, -0.1) is 0 Å². The van der Waals surface area contributed by atoms with Crippen LogP contribution in [0.15, 0.2) is 59.6 Å². The van der Waals surface area contributed by atoms with Crippen molar-refractivity contribution in [2.45, 2.75) is 24.8 Å². The van der Waals surface area contributed by atoms with Gasteiger partial charge in [0, 0.05) is 41.0 Å². The molecule has 0 bridgehead atoms. The number of benzene rings is 2. The van der Waals surface area contributed by atoms with Crippen molar-refractivity contribution in [1.82, 2.24) is 8.54 Å². The van der Waals surface area contributed by atoms with E-state index in [1.165, 1.54) is 41.1 Å². The van der Waals surface area contributed by atoms with Crippen molar-refractivity contribution >= 4 is 26.9 Å². The maximum absolute atomic E-state index is 14.2. The van der Waals surface area contributed by atoms with Gasteiger partial charge in [0.15, 0.2) is 0 Å². The topological polar surface area (TPSA) is 81.3 Å². The van der Waals surface area contributed by atoms with Gasteiger partial charge in [-0.1, -0.05) is 0 Å². The third kappa shape index (κ3) is 3.66. The number of halogens is 3. The molecule has 2 aromatic carbocycles. The molecule has 0 saturated heterocycles. The summed E-state index contributed by atoms with van der Waals surface area (Å²) >= 11 is 0. The highest BCUT2D eigenvalue weighted by molar-refractivity contribution is 7.90. The van der Waals surface area contributed by atoms with Gasteiger partial charge in [-0.25, -0.2) is 25.6 Å². The summed E-state index contributed by atoms with van der Waals surface area (Å²) < 4.78 is 69.9. The quantitative estimate of drug-likeness (QED) is 0.468. The number of fused-ring (bicyclic) bond motifs is 1. The highest BCUT2D eigenvalue weighted by Crippen LogP contribution is 2.30. The first-order valence-electron chi connectivity index (χ1n) is 9.45. The van der Waals surface area contributed by atoms with E-state index in [0.29, 0.717) is 28.2 Å². The van der Waals surface area contributed by atoms with Gasteiger partial charge >= 0.3 is 5.97 Å². The monoisotopic (exact) mass is 462 g/mol. The van der Waals surface area contributed by atoms with Gasteiger partial charge in [-0.05, 0) is 55.0 Å². The Hall–Kier alpha value is -3.53. The second-order valence-corrected chi connectivity index (χ2v) is 9.04. The third-order valence-corrected chi connectivity index (χ3v) is 7.05. The first kappa shape index (κ1) is 21.7. The minimum atomic E-state index is -4.38. The molecule has 0 amide bonds. The molecular weight excluding hydrogens is 445 g/mol. The number of aromatic nitrogens is 2. The van der Waals surface area contributed by atoms with Gasteiger partial charge in [0.1, 0.15) is 28.9 Å². The van der Waals surface area contributed by atoms with Crippen LogP contribution < -0.4 is 0 Å². The lowest BCUT2D eigenvalue weighted by molar-refractivity contribution is -0.137. The Labute approximate surface area is 181 Å². The summed E-state index contributed by atoms with van der Waals surface area (Å²) in [6.45, 7) is 1.31. The van der Waals surface area contributed by atoms with Crippen molar-refractivity contribution in [3.05, 3.63) is 89.1 Å². The van der Waals surface area contributed by atoms with E-state index in [-0.39, 0.29) is 18.7 Å². The summed E-state index contributed by atoms with van der Waals surface area (Å²) in [6.07, 6.45) is 1.24. The lowest BCUT2D eigenvalue weighted by atomic mass is 10.1. The Balaban J connectivity index is 1.84. The molecule has 4 rings (SSSR count). The average molecular weight is 462 g/mol. The molecule has 0 aliphatic rings. The van der Waals surface area contributed by atoms with Crippen molar-refractivity contribution in [3.8, 4) is 0 Å². The fraction of sp³-hybridized carbons (Fsp3) is 0.136.